The fourth-order valence-corrected chi connectivity index (χ4v) is 20.3. The van der Waals surface area contributed by atoms with Crippen LogP contribution in [0.3, 0.4) is 0 Å². The third kappa shape index (κ3) is 33.7. The quantitative estimate of drug-likeness (QED) is 0.0291. The van der Waals surface area contributed by atoms with Gasteiger partial charge in [-0.1, -0.05) is 209 Å². The zero-order valence-corrected chi connectivity index (χ0v) is 83.6. The molecule has 0 unspecified atom stereocenters. The first-order chi connectivity index (χ1) is 62.8. The number of hydrogen-bond acceptors (Lipinski definition) is 6. The minimum atomic E-state index is 0.704. The number of rotatable bonds is 72. The molecule has 0 amide bonds. The summed E-state index contributed by atoms with van der Waals surface area (Å²) in [5.41, 5.74) is 15.6. The number of benzene rings is 4. The maximum absolute atomic E-state index is 6.62. The number of H-pyrrole nitrogens is 2. The smallest absolute Gasteiger partial charge is 0.119 e. The van der Waals surface area contributed by atoms with Crippen molar-refractivity contribution in [3.63, 3.8) is 0 Å². The maximum Gasteiger partial charge on any atom is 0.119 e. The van der Waals surface area contributed by atoms with E-state index in [2.05, 4.69) is 239 Å². The van der Waals surface area contributed by atoms with Crippen molar-refractivity contribution in [2.45, 2.75) is 340 Å². The van der Waals surface area contributed by atoms with Crippen molar-refractivity contribution in [1.29, 1.82) is 0 Å². The molecule has 12 heteroatoms. The van der Waals surface area contributed by atoms with Crippen molar-refractivity contribution >= 4 is 46.4 Å². The lowest BCUT2D eigenvalue weighted by Crippen LogP contribution is -2.50. The first-order valence-electron chi connectivity index (χ1n) is 53.3. The van der Waals surface area contributed by atoms with Crippen LogP contribution < -0.4 is 18.9 Å². The number of unbranched alkanes of at least 4 members (excludes halogenated alkanes) is 24. The summed E-state index contributed by atoms with van der Waals surface area (Å²) in [5, 5.41) is 0. The van der Waals surface area contributed by atoms with Crippen LogP contribution in [-0.4, -0.2) is 169 Å². The highest BCUT2D eigenvalue weighted by Gasteiger charge is 2.31. The molecule has 5 heterocycles. The van der Waals surface area contributed by atoms with Gasteiger partial charge in [-0.2, -0.15) is 0 Å². The van der Waals surface area contributed by atoms with E-state index in [0.717, 1.165) is 138 Å². The van der Waals surface area contributed by atoms with Crippen molar-refractivity contribution < 1.29 is 36.9 Å². The summed E-state index contributed by atoms with van der Waals surface area (Å²) in [4.78, 5) is 19.7. The summed E-state index contributed by atoms with van der Waals surface area (Å²) in [5.74, 6) is 3.56. The predicted octanol–water partition coefficient (Wildman–Crippen LogP) is 31.9. The number of quaternary nitrogens is 4. The molecule has 0 aliphatic carbocycles. The summed E-state index contributed by atoms with van der Waals surface area (Å²) >= 11 is 0. The molecule has 0 saturated heterocycles. The Morgan fingerprint density at radius 1 is 0.188 bits per heavy atom. The molecule has 0 saturated carbocycles. The first-order valence-corrected chi connectivity index (χ1v) is 53.3. The largest absolute Gasteiger partial charge is 0.494 e. The third-order valence-electron chi connectivity index (χ3n) is 28.3. The minimum Gasteiger partial charge on any atom is -0.494 e. The second-order valence-corrected chi connectivity index (χ2v) is 38.8. The highest BCUT2D eigenvalue weighted by Crippen LogP contribution is 2.41. The van der Waals surface area contributed by atoms with Crippen LogP contribution in [0.15, 0.2) is 121 Å². The predicted molar refractivity (Wildman–Crippen MR) is 554 cm³/mol. The molecule has 0 fully saturated rings. The van der Waals surface area contributed by atoms with Gasteiger partial charge < -0.3 is 46.8 Å². The van der Waals surface area contributed by atoms with E-state index >= 15 is 0 Å². The fraction of sp³-hybridized carbons (Fsp3) is 0.621. The van der Waals surface area contributed by atoms with Gasteiger partial charge in [-0.3, -0.25) is 0 Å². The van der Waals surface area contributed by atoms with Crippen molar-refractivity contribution in [3.8, 4) is 67.5 Å². The highest BCUT2D eigenvalue weighted by molar-refractivity contribution is 6.00. The molecule has 706 valence electrons. The topological polar surface area (TPSA) is 94.3 Å². The molecule has 2 aliphatic heterocycles. The number of hydrogen-bond donors (Lipinski definition) is 2. The Bertz CT molecular complexity index is 3760. The number of fused-ring (bicyclic) bond motifs is 8. The molecule has 3 aromatic heterocycles. The number of ether oxygens (including phenoxy) is 4. The molecule has 12 nitrogen and oxygen atoms in total. The van der Waals surface area contributed by atoms with Crippen LogP contribution in [0, 0.1) is 0 Å². The zero-order chi connectivity index (χ0) is 90.6. The Kier molecular flexibility index (Phi) is 48.1. The molecule has 0 radical (unpaired) electrons. The van der Waals surface area contributed by atoms with Crippen LogP contribution in [0.2, 0.25) is 0 Å². The monoisotopic (exact) mass is 1750 g/mol. The average molecular weight is 1750 g/mol. The SMILES string of the molecule is CCCC[N+](CCCC)(CCCC)CCCCCCOc1ccc(-c2c3nc(c(-c4ccc(OCCCCCC[N+](CCCC)(CCCC)CCCC)cc4)c4ccc([nH]4)c(-c4ccc(OCCCCCC[N+](CCCC)(CCCC)CCCC)cc4)c4nc(c(-c5ccc(OCCCCCC[N+](CCCC)(CCCC)CCCC)cc5)c5ccc2[nH]5)C=C4)C=C3)cc1. The van der Waals surface area contributed by atoms with Crippen molar-refractivity contribution in [2.75, 3.05) is 131 Å². The lowest BCUT2D eigenvalue weighted by Gasteiger charge is -2.39. The highest BCUT2D eigenvalue weighted by atomic mass is 16.5. The summed E-state index contributed by atoms with van der Waals surface area (Å²) in [6, 6.07) is 44.1. The van der Waals surface area contributed by atoms with Gasteiger partial charge in [-0.05, 0) is 299 Å². The van der Waals surface area contributed by atoms with Gasteiger partial charge in [0, 0.05) is 44.3 Å². The summed E-state index contributed by atoms with van der Waals surface area (Å²) in [6.07, 6.45) is 59.3. The van der Waals surface area contributed by atoms with Crippen LogP contribution in [0.25, 0.3) is 90.9 Å². The van der Waals surface area contributed by atoms with E-state index in [1.54, 1.807) is 0 Å². The Balaban J connectivity index is 1.05. The van der Waals surface area contributed by atoms with Gasteiger partial charge in [-0.25, -0.2) is 9.97 Å². The lowest BCUT2D eigenvalue weighted by atomic mass is 10.0. The second kappa shape index (κ2) is 59.1. The molecular weight excluding hydrogens is 1570 g/mol. The number of aromatic nitrogens is 4. The standard InChI is InChI=1S/C116H182N8O4/c1-13-25-77-121(78-26-14-2,79-27-15-3)89-45-37-41-49-93-125-101-61-53-97(54-62-101)113-105-69-71-107(117-105)114(98-55-63-102(64-56-98)126-94-50-42-38-46-90-122(80-28-16-4,81-29-17-5)82-30-18-6)109-73-75-111(119-109)116(100-59-67-104(68-60-100)128-96-52-44-40-48-92-124(86-34-22-10,87-35-23-11)88-36-24-12)112-76-74-110(120-112)115(108-72-70-106(113)118-108)99-57-65-103(66-58-99)127-95-51-43-39-47-91-123(83-31-19-7,84-32-20-8)85-33-21-9/h53-76,117,120H,13-52,77-96H2,1-12H3/q+4. The van der Waals surface area contributed by atoms with Crippen molar-refractivity contribution in [1.82, 2.24) is 19.9 Å². The van der Waals surface area contributed by atoms with E-state index in [-0.39, 0.29) is 0 Å². The number of nitrogens with one attached hydrogen (secondary N) is 2. The van der Waals surface area contributed by atoms with Crippen molar-refractivity contribution in [3.05, 3.63) is 144 Å². The van der Waals surface area contributed by atoms with Gasteiger partial charge in [0.25, 0.3) is 0 Å². The molecule has 0 atom stereocenters. The van der Waals surface area contributed by atoms with Gasteiger partial charge in [0.1, 0.15) is 23.0 Å². The van der Waals surface area contributed by atoms with E-state index in [9.17, 15) is 0 Å². The van der Waals surface area contributed by atoms with Crippen LogP contribution in [-0.2, 0) is 0 Å². The minimum absolute atomic E-state index is 0.704. The van der Waals surface area contributed by atoms with Crippen LogP contribution in [0.1, 0.15) is 363 Å². The molecule has 9 rings (SSSR count). The van der Waals surface area contributed by atoms with Crippen LogP contribution >= 0.6 is 0 Å². The van der Waals surface area contributed by atoms with Crippen LogP contribution in [0.4, 0.5) is 0 Å². The molecule has 8 bridgehead atoms. The molecule has 0 spiro atoms. The Labute approximate surface area is 781 Å². The number of nitrogens with zero attached hydrogens (tertiary/aromatic N) is 6. The van der Waals surface area contributed by atoms with Gasteiger partial charge in [0.05, 0.1) is 154 Å². The van der Waals surface area contributed by atoms with E-state index in [4.69, 9.17) is 28.9 Å². The normalized spacial score (nSPS) is 12.5. The van der Waals surface area contributed by atoms with E-state index < -0.39 is 0 Å². The van der Waals surface area contributed by atoms with E-state index in [1.165, 1.54) is 354 Å². The van der Waals surface area contributed by atoms with Gasteiger partial charge >= 0.3 is 0 Å². The summed E-state index contributed by atoms with van der Waals surface area (Å²) < 4.78 is 31.8. The van der Waals surface area contributed by atoms with Gasteiger partial charge in [-0.15, -0.1) is 0 Å². The van der Waals surface area contributed by atoms with E-state index in [0.29, 0.717) is 26.4 Å². The molecule has 7 aromatic rings. The summed E-state index contributed by atoms with van der Waals surface area (Å²) in [6.45, 7) is 52.4. The number of aromatic amines is 2. The van der Waals surface area contributed by atoms with E-state index in [1.807, 2.05) is 0 Å². The van der Waals surface area contributed by atoms with Gasteiger partial charge in [0.2, 0.25) is 0 Å². The molecular formula is C116H182N8O4+4. The average Bonchev–Trinajstić information content (AvgIpc) is 1.61. The molecule has 2 aliphatic rings. The molecule has 128 heavy (non-hydrogen) atoms. The summed E-state index contributed by atoms with van der Waals surface area (Å²) in [7, 11) is 0. The Morgan fingerprint density at radius 3 is 0.508 bits per heavy atom. The van der Waals surface area contributed by atoms with Gasteiger partial charge in [0.15, 0.2) is 0 Å². The Hall–Kier alpha value is -7.48. The lowest BCUT2D eigenvalue weighted by molar-refractivity contribution is -0.929. The maximum atomic E-state index is 6.62. The van der Waals surface area contributed by atoms with Crippen LogP contribution in [0.5, 0.6) is 23.0 Å². The van der Waals surface area contributed by atoms with Crippen molar-refractivity contribution in [2.24, 2.45) is 0 Å². The molecule has 2 N–H and O–H groups in total. The molecule has 4 aromatic carbocycles. The zero-order valence-electron chi connectivity index (χ0n) is 83.6. The Morgan fingerprint density at radius 2 is 0.344 bits per heavy atom. The first kappa shape index (κ1) is 104. The third-order valence-corrected chi connectivity index (χ3v) is 28.3. The second-order valence-electron chi connectivity index (χ2n) is 38.8. The fourth-order valence-electron chi connectivity index (χ4n) is 20.3.